The zero-order valence-electron chi connectivity index (χ0n) is 13.1. The third kappa shape index (κ3) is 7.22. The lowest BCUT2D eigenvalue weighted by atomic mass is 10.4. The highest BCUT2D eigenvalue weighted by Crippen LogP contribution is 2.13. The van der Waals surface area contributed by atoms with Gasteiger partial charge >= 0.3 is 0 Å². The van der Waals surface area contributed by atoms with Crippen molar-refractivity contribution in [3.8, 4) is 0 Å². The van der Waals surface area contributed by atoms with E-state index in [-0.39, 0.29) is 19.0 Å². The average Bonchev–Trinajstić information content (AvgIpc) is 2.54. The Morgan fingerprint density at radius 2 is 0.952 bits per heavy atom. The van der Waals surface area contributed by atoms with Crippen LogP contribution in [0.4, 0.5) is 0 Å². The van der Waals surface area contributed by atoms with Crippen LogP contribution in [0.2, 0.25) is 11.1 Å². The topological polar surface area (TPSA) is 0 Å². The summed E-state index contributed by atoms with van der Waals surface area (Å²) in [6, 6.07) is 0. The minimum absolute atomic E-state index is 0.353. The number of hydrogen-bond acceptors (Lipinski definition) is 0. The van der Waals surface area contributed by atoms with Crippen LogP contribution in [0.3, 0.4) is 0 Å². The molecule has 0 fully saturated rings. The van der Waals surface area contributed by atoms with Crippen LogP contribution >= 0.6 is 0 Å². The van der Waals surface area contributed by atoms with Gasteiger partial charge in [0, 0.05) is 0 Å². The molecule has 0 amide bonds. The minimum Gasteiger partial charge on any atom is -0.107 e. The van der Waals surface area contributed by atoms with E-state index in [1.807, 2.05) is 24.3 Å². The maximum absolute atomic E-state index is 4.02. The fourth-order valence-electron chi connectivity index (χ4n) is 1.85. The molecule has 21 heavy (non-hydrogen) atoms. The number of hydrogen-bond donors (Lipinski definition) is 0. The van der Waals surface area contributed by atoms with Crippen molar-refractivity contribution < 1.29 is 0 Å². The smallest absolute Gasteiger partial charge is 0.107 e. The fraction of sp³-hybridized carbons (Fsp3) is 0.111. The summed E-state index contributed by atoms with van der Waals surface area (Å²) in [5, 5.41) is 0. The largest absolute Gasteiger partial charge is 0.148 e. The maximum Gasteiger partial charge on any atom is 0.148 e. The first-order valence-corrected chi connectivity index (χ1v) is 12.8. The third-order valence-corrected chi connectivity index (χ3v) is 11.0. The van der Waals surface area contributed by atoms with Crippen LogP contribution in [0, 0.1) is 0 Å². The number of rotatable bonds is 12. The molecule has 0 aliphatic rings. The van der Waals surface area contributed by atoms with E-state index in [2.05, 4.69) is 73.7 Å². The fourth-order valence-corrected chi connectivity index (χ4v) is 8.42. The van der Waals surface area contributed by atoms with Gasteiger partial charge in [-0.2, -0.15) is 0 Å². The Bertz CT molecular complexity index is 385. The van der Waals surface area contributed by atoms with Crippen molar-refractivity contribution >= 4 is 27.1 Å². The van der Waals surface area contributed by atoms with Crippen molar-refractivity contribution in [1.29, 1.82) is 0 Å². The van der Waals surface area contributed by atoms with Gasteiger partial charge in [-0.05, 0) is 11.1 Å². The van der Waals surface area contributed by atoms with Crippen molar-refractivity contribution in [2.75, 3.05) is 0 Å². The second-order valence-electron chi connectivity index (χ2n) is 4.95. The first-order chi connectivity index (χ1) is 10.1. The molecule has 0 radical (unpaired) electrons. The Kier molecular flexibility index (Phi) is 10.5. The first kappa shape index (κ1) is 19.6. The molecule has 0 aromatic rings. The molecule has 0 heterocycles. The predicted octanol–water partition coefficient (Wildman–Crippen LogP) is 3.65. The van der Waals surface area contributed by atoms with Gasteiger partial charge in [-0.25, -0.2) is 0 Å². The summed E-state index contributed by atoms with van der Waals surface area (Å²) in [5.41, 5.74) is 14.4. The summed E-state index contributed by atoms with van der Waals surface area (Å²) < 4.78 is 0. The van der Waals surface area contributed by atoms with Gasteiger partial charge < -0.3 is 0 Å². The van der Waals surface area contributed by atoms with E-state index < -0.39 is 8.07 Å². The van der Waals surface area contributed by atoms with E-state index in [0.29, 0.717) is 11.1 Å². The van der Waals surface area contributed by atoms with E-state index >= 15 is 0 Å². The van der Waals surface area contributed by atoms with Gasteiger partial charge in [-0.15, -0.1) is 50.9 Å². The molecule has 0 aromatic carbocycles. The zero-order valence-corrected chi connectivity index (χ0v) is 16.9. The van der Waals surface area contributed by atoms with Crippen molar-refractivity contribution in [2.24, 2.45) is 0 Å². The summed E-state index contributed by atoms with van der Waals surface area (Å²) in [6.07, 6.45) is 7.93. The van der Waals surface area contributed by atoms with Crippen LogP contribution in [0.5, 0.6) is 0 Å². The van der Waals surface area contributed by atoms with Gasteiger partial charge in [0.2, 0.25) is 0 Å². The molecule has 0 nitrogen and oxygen atoms in total. The molecule has 0 aliphatic heterocycles. The van der Waals surface area contributed by atoms with E-state index in [1.54, 1.807) is 0 Å². The van der Waals surface area contributed by atoms with E-state index in [9.17, 15) is 0 Å². The van der Waals surface area contributed by atoms with Crippen LogP contribution in [0.25, 0.3) is 0 Å². The number of allylic oxidation sites excluding steroid dienone is 4. The first-order valence-electron chi connectivity index (χ1n) is 7.24. The minimum atomic E-state index is -1.83. The lowest BCUT2D eigenvalue weighted by molar-refractivity contribution is 1.38. The molecule has 3 heteroatoms. The molecular formula is C18H28Si3. The van der Waals surface area contributed by atoms with Crippen LogP contribution in [-0.2, 0) is 0 Å². The molecule has 0 aromatic heterocycles. The lowest BCUT2D eigenvalue weighted by Crippen LogP contribution is -2.25. The summed E-state index contributed by atoms with van der Waals surface area (Å²) in [5.74, 6) is 0. The maximum atomic E-state index is 4.02. The van der Waals surface area contributed by atoms with Gasteiger partial charge in [0.05, 0.1) is 19.0 Å². The van der Waals surface area contributed by atoms with E-state index in [0.717, 1.165) is 0 Å². The van der Waals surface area contributed by atoms with Crippen molar-refractivity contribution in [3.63, 3.8) is 0 Å². The van der Waals surface area contributed by atoms with Crippen molar-refractivity contribution in [3.05, 3.63) is 98.0 Å². The highest BCUT2D eigenvalue weighted by atomic mass is 28.3. The molecule has 0 unspecified atom stereocenters. The van der Waals surface area contributed by atoms with E-state index in [1.165, 1.54) is 0 Å². The molecule has 0 rings (SSSR count). The Balaban J connectivity index is 4.90. The molecule has 0 spiro atoms. The molecule has 0 aliphatic carbocycles. The summed E-state index contributed by atoms with van der Waals surface area (Å²) >= 11 is 0. The van der Waals surface area contributed by atoms with Crippen LogP contribution in [0.1, 0.15) is 0 Å². The Morgan fingerprint density at radius 1 is 0.619 bits per heavy atom. The molecule has 0 atom stereocenters. The lowest BCUT2D eigenvalue weighted by Gasteiger charge is -2.15. The predicted molar refractivity (Wildman–Crippen MR) is 110 cm³/mol. The Morgan fingerprint density at radius 3 is 1.19 bits per heavy atom. The zero-order chi connectivity index (χ0) is 16.1. The molecular weight excluding hydrogens is 300 g/mol. The van der Waals surface area contributed by atoms with Gasteiger partial charge in [-0.1, -0.05) is 47.1 Å². The summed E-state index contributed by atoms with van der Waals surface area (Å²) in [6.45, 7) is 23.4. The average molecular weight is 329 g/mol. The quantitative estimate of drug-likeness (QED) is 0.379. The van der Waals surface area contributed by atoms with Gasteiger partial charge in [0.25, 0.3) is 0 Å². The van der Waals surface area contributed by atoms with Crippen molar-refractivity contribution in [2.45, 2.75) is 11.1 Å². The third-order valence-electron chi connectivity index (χ3n) is 3.55. The van der Waals surface area contributed by atoms with E-state index in [4.69, 9.17) is 0 Å². The normalized spacial score (nSPS) is 13.0. The Labute approximate surface area is 136 Å². The summed E-state index contributed by atoms with van der Waals surface area (Å²) in [7, 11) is -2.54. The molecule has 0 N–H and O–H groups in total. The molecule has 0 saturated carbocycles. The molecule has 0 saturated heterocycles. The standard InChI is InChI=1S/C18H28Si3/c1-7-17(8-2)19-13-15-21(11-5,12-6)16-14-20-18(9-3)10-4/h7-18H,1-6,19-20H2. The molecule has 112 valence electrons. The SMILES string of the molecule is C=CC(C=C)[SiH2]C=C[Si](C=C)(C=C)C=C[SiH2]C(C=C)C=C. The highest BCUT2D eigenvalue weighted by molar-refractivity contribution is 6.98. The second kappa shape index (κ2) is 11.3. The van der Waals surface area contributed by atoms with Crippen molar-refractivity contribution in [1.82, 2.24) is 0 Å². The highest BCUT2D eigenvalue weighted by Gasteiger charge is 2.18. The second-order valence-corrected chi connectivity index (χ2v) is 12.2. The van der Waals surface area contributed by atoms with Crippen LogP contribution in [0.15, 0.2) is 98.0 Å². The van der Waals surface area contributed by atoms with Gasteiger partial charge in [0.15, 0.2) is 0 Å². The summed E-state index contributed by atoms with van der Waals surface area (Å²) in [4.78, 5) is 0. The van der Waals surface area contributed by atoms with Gasteiger partial charge in [0.1, 0.15) is 8.07 Å². The van der Waals surface area contributed by atoms with Crippen LogP contribution in [-0.4, -0.2) is 27.1 Å². The van der Waals surface area contributed by atoms with Crippen LogP contribution < -0.4 is 0 Å². The monoisotopic (exact) mass is 328 g/mol. The van der Waals surface area contributed by atoms with Gasteiger partial charge in [-0.3, -0.25) is 0 Å². The Hall–Kier alpha value is -1.43. The molecule has 0 bridgehead atoms.